The first-order valence-corrected chi connectivity index (χ1v) is 8.19. The van der Waals surface area contributed by atoms with E-state index in [1.54, 1.807) is 0 Å². The van der Waals surface area contributed by atoms with E-state index in [1.807, 2.05) is 6.92 Å². The topological polar surface area (TPSA) is 38.3 Å². The first kappa shape index (κ1) is 14.5. The number of piperidine rings is 1. The van der Waals surface area contributed by atoms with Gasteiger partial charge in [-0.3, -0.25) is 0 Å². The van der Waals surface area contributed by atoms with Crippen molar-refractivity contribution in [2.45, 2.75) is 45.3 Å². The Morgan fingerprint density at radius 2 is 2.15 bits per heavy atom. The highest BCUT2D eigenvalue weighted by atomic mass is 79.9. The third-order valence-electron chi connectivity index (χ3n) is 4.42. The number of hydrogen-bond acceptors (Lipinski definition) is 4. The second-order valence-corrected chi connectivity index (χ2v) is 7.33. The van der Waals surface area contributed by atoms with Crippen LogP contribution in [0.5, 0.6) is 5.88 Å². The molecule has 1 aliphatic carbocycles. The molecule has 3 rings (SSSR count). The van der Waals surface area contributed by atoms with E-state index in [4.69, 9.17) is 16.3 Å². The summed E-state index contributed by atoms with van der Waals surface area (Å²) in [5.41, 5.74) is 0.827. The molecule has 110 valence electrons. The molecule has 0 amide bonds. The highest BCUT2D eigenvalue weighted by molar-refractivity contribution is 9.07. The molecular weight excluding hydrogens is 342 g/mol. The molecule has 0 spiro atoms. The number of aromatic nitrogens is 2. The minimum absolute atomic E-state index is 0.222. The van der Waals surface area contributed by atoms with Crippen molar-refractivity contribution in [3.05, 3.63) is 17.0 Å². The fourth-order valence-corrected chi connectivity index (χ4v) is 4.58. The van der Waals surface area contributed by atoms with Gasteiger partial charge < -0.3 is 4.74 Å². The second kappa shape index (κ2) is 5.78. The van der Waals surface area contributed by atoms with Crippen LogP contribution in [0.2, 0.25) is 5.15 Å². The van der Waals surface area contributed by atoms with E-state index in [9.17, 15) is 0 Å². The minimum atomic E-state index is 0.222. The van der Waals surface area contributed by atoms with Gasteiger partial charge in [0, 0.05) is 40.7 Å². The van der Waals surface area contributed by atoms with E-state index in [0.29, 0.717) is 23.0 Å². The van der Waals surface area contributed by atoms with E-state index in [1.165, 1.54) is 12.7 Å². The number of hydrogen-bond donors (Lipinski definition) is 0. The van der Waals surface area contributed by atoms with Crippen LogP contribution in [-0.2, 0) is 0 Å². The molecule has 0 radical (unpaired) electrons. The summed E-state index contributed by atoms with van der Waals surface area (Å²) in [6, 6.07) is 0.578. The van der Waals surface area contributed by atoms with Gasteiger partial charge in [-0.2, -0.15) is 0 Å². The molecule has 6 heteroatoms. The molecular formula is C14H19BrClN3O. The molecule has 4 nitrogen and oxygen atoms in total. The monoisotopic (exact) mass is 359 g/mol. The largest absolute Gasteiger partial charge is 0.474 e. The summed E-state index contributed by atoms with van der Waals surface area (Å²) in [6.07, 6.45) is 5.11. The number of nitrogens with zero attached hydrogens (tertiary/aromatic N) is 3. The van der Waals surface area contributed by atoms with Gasteiger partial charge in [-0.1, -0.05) is 18.5 Å². The molecule has 20 heavy (non-hydrogen) atoms. The molecule has 4 unspecified atom stereocenters. The van der Waals surface area contributed by atoms with Gasteiger partial charge in [-0.15, -0.1) is 0 Å². The van der Waals surface area contributed by atoms with Crippen molar-refractivity contribution < 1.29 is 4.74 Å². The Labute approximate surface area is 133 Å². The van der Waals surface area contributed by atoms with Crippen LogP contribution >= 0.6 is 27.7 Å². The quantitative estimate of drug-likeness (QED) is 0.596. The van der Waals surface area contributed by atoms with Gasteiger partial charge in [0.15, 0.2) is 0 Å². The first-order chi connectivity index (χ1) is 9.54. The molecule has 1 saturated carbocycles. The van der Waals surface area contributed by atoms with Gasteiger partial charge >= 0.3 is 0 Å². The number of ether oxygens (including phenoxy) is 1. The predicted molar refractivity (Wildman–Crippen MR) is 82.1 cm³/mol. The fourth-order valence-electron chi connectivity index (χ4n) is 3.46. The Hall–Kier alpha value is -0.390. The maximum atomic E-state index is 6.08. The van der Waals surface area contributed by atoms with Crippen LogP contribution in [0.15, 0.2) is 6.33 Å². The summed E-state index contributed by atoms with van der Waals surface area (Å²) in [5.74, 6) is 2.08. The summed E-state index contributed by atoms with van der Waals surface area (Å²) in [5, 5.41) is 0.473. The van der Waals surface area contributed by atoms with Crippen molar-refractivity contribution in [1.29, 1.82) is 0 Å². The van der Waals surface area contributed by atoms with Gasteiger partial charge in [0.2, 0.25) is 5.88 Å². The molecule has 1 aromatic rings. The Bertz CT molecular complexity index is 501. The molecule has 1 aliphatic heterocycles. The van der Waals surface area contributed by atoms with Crippen molar-refractivity contribution in [3.8, 4) is 5.88 Å². The van der Waals surface area contributed by atoms with E-state index in [0.717, 1.165) is 30.9 Å². The molecule has 0 bridgehead atoms. The lowest BCUT2D eigenvalue weighted by molar-refractivity contribution is 0.177. The van der Waals surface area contributed by atoms with Gasteiger partial charge in [0.1, 0.15) is 17.6 Å². The Balaban J connectivity index is 1.70. The van der Waals surface area contributed by atoms with Crippen LogP contribution < -0.4 is 4.74 Å². The normalized spacial score (nSPS) is 34.0. The maximum Gasteiger partial charge on any atom is 0.221 e. The summed E-state index contributed by atoms with van der Waals surface area (Å²) in [6.45, 7) is 5.33. The van der Waals surface area contributed by atoms with Crippen LogP contribution in [0.4, 0.5) is 0 Å². The Morgan fingerprint density at radius 1 is 1.35 bits per heavy atom. The molecule has 4 atom stereocenters. The Morgan fingerprint density at radius 3 is 2.95 bits per heavy atom. The van der Waals surface area contributed by atoms with Gasteiger partial charge in [-0.25, -0.2) is 13.9 Å². The van der Waals surface area contributed by atoms with Gasteiger partial charge in [0.25, 0.3) is 0 Å². The third-order valence-corrected chi connectivity index (χ3v) is 5.62. The lowest BCUT2D eigenvalue weighted by atomic mass is 9.88. The third kappa shape index (κ3) is 2.81. The zero-order valence-electron chi connectivity index (χ0n) is 11.7. The molecule has 2 fully saturated rings. The smallest absolute Gasteiger partial charge is 0.221 e. The van der Waals surface area contributed by atoms with Crippen LogP contribution in [0.3, 0.4) is 0 Å². The summed E-state index contributed by atoms with van der Waals surface area (Å²) in [7, 11) is 0. The van der Waals surface area contributed by atoms with Crippen molar-refractivity contribution in [2.75, 3.05) is 6.54 Å². The highest BCUT2D eigenvalue weighted by Gasteiger charge is 2.42. The maximum absolute atomic E-state index is 6.08. The fraction of sp³-hybridized carbons (Fsp3) is 0.714. The van der Waals surface area contributed by atoms with Crippen LogP contribution in [0.25, 0.3) is 0 Å². The number of fused-ring (bicyclic) bond motifs is 1. The lowest BCUT2D eigenvalue weighted by Gasteiger charge is -2.36. The predicted octanol–water partition coefficient (Wildman–Crippen LogP) is 3.62. The number of halogens is 2. The lowest BCUT2D eigenvalue weighted by Crippen LogP contribution is -2.39. The summed E-state index contributed by atoms with van der Waals surface area (Å²) >= 11 is 9.72. The molecule has 0 aromatic carbocycles. The van der Waals surface area contributed by atoms with E-state index >= 15 is 0 Å². The van der Waals surface area contributed by atoms with Crippen LogP contribution in [0, 0.1) is 18.8 Å². The second-order valence-electron chi connectivity index (χ2n) is 6.06. The van der Waals surface area contributed by atoms with Gasteiger partial charge in [0.05, 0.1) is 0 Å². The first-order valence-electron chi connectivity index (χ1n) is 7.10. The van der Waals surface area contributed by atoms with E-state index < -0.39 is 0 Å². The molecule has 1 saturated heterocycles. The van der Waals surface area contributed by atoms with E-state index in [-0.39, 0.29) is 6.10 Å². The van der Waals surface area contributed by atoms with Crippen LogP contribution in [-0.4, -0.2) is 32.6 Å². The zero-order chi connectivity index (χ0) is 14.3. The Kier molecular flexibility index (Phi) is 4.20. The summed E-state index contributed by atoms with van der Waals surface area (Å²) in [4.78, 5) is 8.18. The SMILES string of the molecule is Cc1c(Cl)ncnc1OC1CC2CC(C)CN(Br)C2C1. The molecule has 0 N–H and O–H groups in total. The molecule has 2 heterocycles. The van der Waals surface area contributed by atoms with Crippen LogP contribution in [0.1, 0.15) is 31.7 Å². The average Bonchev–Trinajstić information content (AvgIpc) is 2.78. The zero-order valence-corrected chi connectivity index (χ0v) is 14.1. The van der Waals surface area contributed by atoms with Gasteiger partial charge in [-0.05, 0) is 31.6 Å². The average molecular weight is 361 g/mol. The molecule has 1 aromatic heterocycles. The number of rotatable bonds is 2. The molecule has 2 aliphatic rings. The minimum Gasteiger partial charge on any atom is -0.474 e. The summed E-state index contributed by atoms with van der Waals surface area (Å²) < 4.78 is 8.39. The highest BCUT2D eigenvalue weighted by Crippen LogP contribution is 2.41. The standard InChI is InChI=1S/C14H19BrClN3O/c1-8-3-10-4-11(5-12(10)19(15)6-8)20-14-9(2)13(16)17-7-18-14/h7-8,10-12H,3-6H2,1-2H3. The van der Waals surface area contributed by atoms with Crippen molar-refractivity contribution >= 4 is 27.7 Å². The van der Waals surface area contributed by atoms with Crippen molar-refractivity contribution in [2.24, 2.45) is 11.8 Å². The van der Waals surface area contributed by atoms with E-state index in [2.05, 4.69) is 37.0 Å². The van der Waals surface area contributed by atoms with Crippen molar-refractivity contribution in [3.63, 3.8) is 0 Å². The van der Waals surface area contributed by atoms with Crippen molar-refractivity contribution in [1.82, 2.24) is 13.9 Å².